The number of hydrogen-bond donors (Lipinski definition) is 0. The molecule has 2 unspecified atom stereocenters. The molecule has 1 rings (SSSR count). The number of carbonyl (C=O) groups excluding carboxylic acids is 2. The average molecular weight is 304 g/mol. The normalized spacial score (nSPS) is 14.4. The predicted octanol–water partition coefficient (Wildman–Crippen LogP) is 3.47. The molecule has 0 heterocycles. The molecule has 0 aliphatic carbocycles. The van der Waals surface area contributed by atoms with Gasteiger partial charge in [-0.3, -0.25) is 4.79 Å². The maximum Gasteiger partial charge on any atom is 0.331 e. The Morgan fingerprint density at radius 1 is 1.14 bits per heavy atom. The lowest BCUT2D eigenvalue weighted by Gasteiger charge is -2.32. The summed E-state index contributed by atoms with van der Waals surface area (Å²) in [6.45, 7) is 7.46. The van der Waals surface area contributed by atoms with Crippen molar-refractivity contribution < 1.29 is 19.1 Å². The van der Waals surface area contributed by atoms with Crippen molar-refractivity contribution in [2.24, 2.45) is 11.3 Å². The van der Waals surface area contributed by atoms with E-state index >= 15 is 0 Å². The molecule has 0 amide bonds. The smallest absolute Gasteiger partial charge is 0.331 e. The van der Waals surface area contributed by atoms with Crippen LogP contribution < -0.4 is 0 Å². The highest BCUT2D eigenvalue weighted by atomic mass is 16.6. The van der Waals surface area contributed by atoms with E-state index in [0.717, 1.165) is 5.56 Å². The van der Waals surface area contributed by atoms with Crippen LogP contribution in [-0.2, 0) is 19.1 Å². The Morgan fingerprint density at radius 2 is 1.73 bits per heavy atom. The van der Waals surface area contributed by atoms with Crippen molar-refractivity contribution in [3.63, 3.8) is 0 Å². The molecule has 0 spiro atoms. The first kappa shape index (κ1) is 18.0. The third kappa shape index (κ3) is 5.35. The van der Waals surface area contributed by atoms with Gasteiger partial charge in [0, 0.05) is 6.08 Å². The molecule has 0 N–H and O–H groups in total. The van der Waals surface area contributed by atoms with Gasteiger partial charge in [0.2, 0.25) is 0 Å². The first-order chi connectivity index (χ1) is 10.3. The number of hydrogen-bond acceptors (Lipinski definition) is 4. The minimum absolute atomic E-state index is 0.365. The third-order valence-electron chi connectivity index (χ3n) is 3.37. The summed E-state index contributed by atoms with van der Waals surface area (Å²) in [5.74, 6) is -1.37. The third-order valence-corrected chi connectivity index (χ3v) is 3.37. The standard InChI is InChI=1S/C18H24O4/c1-13(16(17(20)21-5)18(2,3)4)22-15(19)12-11-14-9-7-6-8-10-14/h6-13,16H,1-5H3/b12-11+. The molecule has 0 bridgehead atoms. The monoisotopic (exact) mass is 304 g/mol. The lowest BCUT2D eigenvalue weighted by Crippen LogP contribution is -2.40. The Bertz CT molecular complexity index is 526. The van der Waals surface area contributed by atoms with E-state index in [-0.39, 0.29) is 11.4 Å². The Balaban J connectivity index is 2.73. The summed E-state index contributed by atoms with van der Waals surface area (Å²) in [6.07, 6.45) is 2.47. The number of methoxy groups -OCH3 is 1. The molecule has 4 heteroatoms. The molecule has 0 saturated heterocycles. The Labute approximate surface area is 132 Å². The highest BCUT2D eigenvalue weighted by Gasteiger charge is 2.38. The van der Waals surface area contributed by atoms with Crippen LogP contribution in [0.15, 0.2) is 36.4 Å². The van der Waals surface area contributed by atoms with Crippen molar-refractivity contribution >= 4 is 18.0 Å². The van der Waals surface area contributed by atoms with Crippen LogP contribution in [0.4, 0.5) is 0 Å². The van der Waals surface area contributed by atoms with E-state index in [1.54, 1.807) is 13.0 Å². The van der Waals surface area contributed by atoms with Crippen molar-refractivity contribution in [2.45, 2.75) is 33.8 Å². The number of rotatable bonds is 5. The fourth-order valence-corrected chi connectivity index (χ4v) is 2.40. The van der Waals surface area contributed by atoms with Crippen molar-refractivity contribution in [1.82, 2.24) is 0 Å². The van der Waals surface area contributed by atoms with Crippen LogP contribution in [0.1, 0.15) is 33.3 Å². The van der Waals surface area contributed by atoms with Crippen LogP contribution >= 0.6 is 0 Å². The summed E-state index contributed by atoms with van der Waals surface area (Å²) in [5.41, 5.74) is 0.545. The molecule has 22 heavy (non-hydrogen) atoms. The van der Waals surface area contributed by atoms with Gasteiger partial charge < -0.3 is 9.47 Å². The summed E-state index contributed by atoms with van der Waals surface area (Å²) in [5, 5.41) is 0. The highest BCUT2D eigenvalue weighted by molar-refractivity contribution is 5.87. The fourth-order valence-electron chi connectivity index (χ4n) is 2.40. The molecular formula is C18H24O4. The van der Waals surface area contributed by atoms with Crippen molar-refractivity contribution in [3.05, 3.63) is 42.0 Å². The molecule has 0 fully saturated rings. The number of esters is 2. The lowest BCUT2D eigenvalue weighted by molar-refractivity contribution is -0.161. The predicted molar refractivity (Wildman–Crippen MR) is 86.0 cm³/mol. The second-order valence-corrected chi connectivity index (χ2v) is 6.25. The first-order valence-electron chi connectivity index (χ1n) is 7.27. The molecule has 4 nitrogen and oxygen atoms in total. The van der Waals surface area contributed by atoms with Gasteiger partial charge in [-0.2, -0.15) is 0 Å². The zero-order valence-electron chi connectivity index (χ0n) is 13.8. The quantitative estimate of drug-likeness (QED) is 0.617. The molecular weight excluding hydrogens is 280 g/mol. The van der Waals surface area contributed by atoms with Crippen molar-refractivity contribution in [2.75, 3.05) is 7.11 Å². The molecule has 0 aliphatic rings. The van der Waals surface area contributed by atoms with Crippen LogP contribution in [0.2, 0.25) is 0 Å². The largest absolute Gasteiger partial charge is 0.469 e. The molecule has 0 saturated carbocycles. The molecule has 0 aliphatic heterocycles. The topological polar surface area (TPSA) is 52.6 Å². The second kappa shape index (κ2) is 7.78. The van der Waals surface area contributed by atoms with Gasteiger partial charge in [0.1, 0.15) is 6.10 Å². The van der Waals surface area contributed by atoms with Crippen molar-refractivity contribution in [3.8, 4) is 0 Å². The molecule has 2 atom stereocenters. The maximum atomic E-state index is 11.9. The summed E-state index contributed by atoms with van der Waals surface area (Å²) >= 11 is 0. The van der Waals surface area contributed by atoms with E-state index in [1.807, 2.05) is 51.1 Å². The maximum absolute atomic E-state index is 11.9. The van der Waals surface area contributed by atoms with E-state index in [0.29, 0.717) is 0 Å². The van der Waals surface area contributed by atoms with Gasteiger partial charge in [-0.05, 0) is 24.0 Å². The van der Waals surface area contributed by atoms with Gasteiger partial charge in [-0.15, -0.1) is 0 Å². The minimum atomic E-state index is -0.569. The summed E-state index contributed by atoms with van der Waals surface area (Å²) in [6, 6.07) is 9.46. The van der Waals surface area contributed by atoms with Gasteiger partial charge in [-0.25, -0.2) is 4.79 Å². The molecule has 1 aromatic carbocycles. The summed E-state index contributed by atoms with van der Waals surface area (Å²) in [4.78, 5) is 23.8. The van der Waals surface area contributed by atoms with Crippen LogP contribution in [0, 0.1) is 11.3 Å². The van der Waals surface area contributed by atoms with E-state index in [4.69, 9.17) is 9.47 Å². The molecule has 0 radical (unpaired) electrons. The van der Waals surface area contributed by atoms with E-state index < -0.39 is 18.0 Å². The van der Waals surface area contributed by atoms with E-state index in [1.165, 1.54) is 13.2 Å². The average Bonchev–Trinajstić information content (AvgIpc) is 2.44. The Kier molecular flexibility index (Phi) is 6.35. The number of carbonyl (C=O) groups is 2. The number of benzene rings is 1. The SMILES string of the molecule is COC(=O)C(C(C)OC(=O)/C=C/c1ccccc1)C(C)(C)C. The minimum Gasteiger partial charge on any atom is -0.469 e. The highest BCUT2D eigenvalue weighted by Crippen LogP contribution is 2.31. The van der Waals surface area contributed by atoms with Crippen LogP contribution in [-0.4, -0.2) is 25.2 Å². The zero-order chi connectivity index (χ0) is 16.8. The Morgan fingerprint density at radius 3 is 2.23 bits per heavy atom. The van der Waals surface area contributed by atoms with Gasteiger partial charge in [0.15, 0.2) is 0 Å². The Hall–Kier alpha value is -2.10. The fraction of sp³-hybridized carbons (Fsp3) is 0.444. The molecule has 120 valence electrons. The zero-order valence-corrected chi connectivity index (χ0v) is 13.8. The van der Waals surface area contributed by atoms with Crippen LogP contribution in [0.5, 0.6) is 0 Å². The lowest BCUT2D eigenvalue weighted by atomic mass is 9.77. The first-order valence-corrected chi connectivity index (χ1v) is 7.27. The van der Waals surface area contributed by atoms with Crippen molar-refractivity contribution in [1.29, 1.82) is 0 Å². The summed E-state index contributed by atoms with van der Waals surface area (Å²) < 4.78 is 10.2. The van der Waals surface area contributed by atoms with Crippen LogP contribution in [0.25, 0.3) is 6.08 Å². The van der Waals surface area contributed by atoms with Crippen LogP contribution in [0.3, 0.4) is 0 Å². The second-order valence-electron chi connectivity index (χ2n) is 6.25. The molecule has 0 aromatic heterocycles. The van der Waals surface area contributed by atoms with Gasteiger partial charge in [0.25, 0.3) is 0 Å². The summed E-state index contributed by atoms with van der Waals surface area (Å²) in [7, 11) is 1.34. The number of ether oxygens (including phenoxy) is 2. The van der Waals surface area contributed by atoms with Gasteiger partial charge in [0.05, 0.1) is 13.0 Å². The van der Waals surface area contributed by atoms with E-state index in [9.17, 15) is 9.59 Å². The molecule has 1 aromatic rings. The van der Waals surface area contributed by atoms with E-state index in [2.05, 4.69) is 0 Å². The van der Waals surface area contributed by atoms with Gasteiger partial charge in [-0.1, -0.05) is 51.1 Å². The van der Waals surface area contributed by atoms with Gasteiger partial charge >= 0.3 is 11.9 Å².